The van der Waals surface area contributed by atoms with Crippen molar-refractivity contribution in [2.75, 3.05) is 34.2 Å². The normalized spacial score (nSPS) is 17.4. The van der Waals surface area contributed by atoms with E-state index >= 15 is 0 Å². The van der Waals surface area contributed by atoms with E-state index in [-0.39, 0.29) is 43.5 Å². The molecule has 10 nitrogen and oxygen atoms in total. The number of hydrogen-bond donors (Lipinski definition) is 1. The van der Waals surface area contributed by atoms with Crippen LogP contribution in [0.2, 0.25) is 25.7 Å². The monoisotopic (exact) mass is 502 g/mol. The Bertz CT molecular complexity index is 826. The summed E-state index contributed by atoms with van der Waals surface area (Å²) in [4.78, 5) is 24.4. The number of aliphatic hydroxyl groups excluding tert-OH is 1. The van der Waals surface area contributed by atoms with E-state index in [0.29, 0.717) is 18.8 Å². The van der Waals surface area contributed by atoms with Crippen LogP contribution in [0.15, 0.2) is 9.21 Å². The molecule has 1 fully saturated rings. The third-order valence-corrected chi connectivity index (χ3v) is 7.07. The molecule has 0 aliphatic carbocycles. The largest absolute Gasteiger partial charge is 0.496 e. The molecule has 0 bridgehead atoms. The van der Waals surface area contributed by atoms with Gasteiger partial charge in [-0.2, -0.15) is 0 Å². The molecule has 0 spiro atoms. The standard InChI is InChI=1S/C23H38O10Si/c1-27-21-16(14-32-20-8-6-7-9-31-20)19(12-18(24)23(26)28-2)33-22(25)17(21)13-30-15-29-10-11-34(3,4)5/h18,20,24H,6-15H2,1-5H3. The maximum Gasteiger partial charge on any atom is 0.345 e. The third-order valence-electron chi connectivity index (χ3n) is 5.36. The van der Waals surface area contributed by atoms with Crippen molar-refractivity contribution in [3.63, 3.8) is 0 Å². The molecule has 34 heavy (non-hydrogen) atoms. The number of hydrogen-bond acceptors (Lipinski definition) is 10. The number of carbonyl (C=O) groups is 1. The summed E-state index contributed by atoms with van der Waals surface area (Å²) in [5.41, 5.74) is -0.128. The third kappa shape index (κ3) is 9.12. The molecule has 1 aromatic rings. The Labute approximate surface area is 201 Å². The van der Waals surface area contributed by atoms with E-state index in [1.165, 1.54) is 14.2 Å². The van der Waals surface area contributed by atoms with Crippen LogP contribution in [0.1, 0.15) is 36.1 Å². The molecule has 1 saturated heterocycles. The number of methoxy groups -OCH3 is 2. The van der Waals surface area contributed by atoms with Gasteiger partial charge in [0.05, 0.1) is 33.0 Å². The Hall–Kier alpha value is -1.76. The van der Waals surface area contributed by atoms with Gasteiger partial charge in [0.1, 0.15) is 23.9 Å². The summed E-state index contributed by atoms with van der Waals surface area (Å²) in [5, 5.41) is 10.1. The molecule has 0 radical (unpaired) electrons. The van der Waals surface area contributed by atoms with Crippen molar-refractivity contribution >= 4 is 14.0 Å². The average molecular weight is 503 g/mol. The summed E-state index contributed by atoms with van der Waals surface area (Å²) in [6.45, 7) is 7.90. The fraction of sp³-hybridized carbons (Fsp3) is 0.739. The molecule has 194 valence electrons. The SMILES string of the molecule is COC(=O)C(O)Cc1oc(=O)c(COCOCC[Si](C)(C)C)c(OC)c1COC1CCCCO1. The lowest BCUT2D eigenvalue weighted by molar-refractivity contribution is -0.169. The maximum atomic E-state index is 12.7. The smallest absolute Gasteiger partial charge is 0.345 e. The Balaban J connectivity index is 2.18. The number of aliphatic hydroxyl groups is 1. The second-order valence-electron chi connectivity index (χ2n) is 9.34. The summed E-state index contributed by atoms with van der Waals surface area (Å²) in [6.07, 6.45) is 0.512. The predicted molar refractivity (Wildman–Crippen MR) is 125 cm³/mol. The van der Waals surface area contributed by atoms with Gasteiger partial charge in [-0.25, -0.2) is 9.59 Å². The molecule has 0 aromatic carbocycles. The van der Waals surface area contributed by atoms with Crippen LogP contribution in [0, 0.1) is 0 Å². The first-order valence-corrected chi connectivity index (χ1v) is 15.2. The molecule has 1 aliphatic rings. The van der Waals surface area contributed by atoms with E-state index in [0.717, 1.165) is 25.3 Å². The van der Waals surface area contributed by atoms with E-state index in [1.54, 1.807) is 0 Å². The first-order chi connectivity index (χ1) is 16.2. The lowest BCUT2D eigenvalue weighted by Gasteiger charge is -2.24. The zero-order valence-corrected chi connectivity index (χ0v) is 21.8. The van der Waals surface area contributed by atoms with E-state index in [4.69, 9.17) is 28.1 Å². The number of rotatable bonds is 14. The van der Waals surface area contributed by atoms with Crippen LogP contribution < -0.4 is 10.4 Å². The maximum absolute atomic E-state index is 12.7. The van der Waals surface area contributed by atoms with Gasteiger partial charge in [-0.3, -0.25) is 0 Å². The molecule has 2 unspecified atom stereocenters. The van der Waals surface area contributed by atoms with Gasteiger partial charge in [0.15, 0.2) is 12.4 Å². The van der Waals surface area contributed by atoms with Crippen molar-refractivity contribution in [3.8, 4) is 5.75 Å². The second kappa shape index (κ2) is 14.0. The molecule has 0 saturated carbocycles. The van der Waals surface area contributed by atoms with Crippen molar-refractivity contribution in [2.24, 2.45) is 0 Å². The van der Waals surface area contributed by atoms with E-state index in [1.807, 2.05) is 0 Å². The van der Waals surface area contributed by atoms with Crippen molar-refractivity contribution in [1.82, 2.24) is 0 Å². The van der Waals surface area contributed by atoms with Gasteiger partial charge in [0.2, 0.25) is 0 Å². The molecule has 1 aromatic heterocycles. The quantitative estimate of drug-likeness (QED) is 0.176. The highest BCUT2D eigenvalue weighted by Gasteiger charge is 2.27. The van der Waals surface area contributed by atoms with E-state index in [9.17, 15) is 14.7 Å². The van der Waals surface area contributed by atoms with Crippen molar-refractivity contribution in [2.45, 2.75) is 77.0 Å². The van der Waals surface area contributed by atoms with Crippen LogP contribution in [0.25, 0.3) is 0 Å². The van der Waals surface area contributed by atoms with Crippen LogP contribution >= 0.6 is 0 Å². The predicted octanol–water partition coefficient (Wildman–Crippen LogP) is 2.60. The van der Waals surface area contributed by atoms with Gasteiger partial charge in [-0.1, -0.05) is 19.6 Å². The molecule has 11 heteroatoms. The van der Waals surface area contributed by atoms with Gasteiger partial charge in [-0.05, 0) is 25.3 Å². The Kier molecular flexibility index (Phi) is 11.7. The van der Waals surface area contributed by atoms with E-state index in [2.05, 4.69) is 24.4 Å². The number of ether oxygens (including phenoxy) is 6. The first-order valence-electron chi connectivity index (χ1n) is 11.5. The van der Waals surface area contributed by atoms with Gasteiger partial charge in [0, 0.05) is 27.7 Å². The van der Waals surface area contributed by atoms with Gasteiger partial charge in [0.25, 0.3) is 0 Å². The first kappa shape index (κ1) is 28.5. The number of carbonyl (C=O) groups excluding carboxylic acids is 1. The molecule has 2 rings (SSSR count). The molecule has 2 heterocycles. The molecule has 0 amide bonds. The molecule has 1 N–H and O–H groups in total. The highest BCUT2D eigenvalue weighted by atomic mass is 28.3. The Morgan fingerprint density at radius 2 is 1.91 bits per heavy atom. The van der Waals surface area contributed by atoms with Crippen molar-refractivity contribution < 1.29 is 42.7 Å². The van der Waals surface area contributed by atoms with Crippen LogP contribution in [-0.4, -0.2) is 65.8 Å². The summed E-state index contributed by atoms with van der Waals surface area (Å²) < 4.78 is 38.2. The molecule has 2 atom stereocenters. The van der Waals surface area contributed by atoms with Crippen molar-refractivity contribution in [1.29, 1.82) is 0 Å². The fourth-order valence-electron chi connectivity index (χ4n) is 3.37. The molecular weight excluding hydrogens is 464 g/mol. The zero-order valence-electron chi connectivity index (χ0n) is 20.8. The second-order valence-corrected chi connectivity index (χ2v) is 15.0. The van der Waals surface area contributed by atoms with Gasteiger partial charge >= 0.3 is 11.6 Å². The van der Waals surface area contributed by atoms with Crippen LogP contribution in [-0.2, 0) is 48.1 Å². The van der Waals surface area contributed by atoms with Gasteiger partial charge in [-0.15, -0.1) is 0 Å². The van der Waals surface area contributed by atoms with Crippen LogP contribution in [0.4, 0.5) is 0 Å². The highest BCUT2D eigenvalue weighted by Crippen LogP contribution is 2.29. The highest BCUT2D eigenvalue weighted by molar-refractivity contribution is 6.76. The molecule has 1 aliphatic heterocycles. The Morgan fingerprint density at radius 3 is 2.53 bits per heavy atom. The zero-order chi connectivity index (χ0) is 25.1. The summed E-state index contributed by atoms with van der Waals surface area (Å²) in [6, 6.07) is 1.00. The molecular formula is C23H38O10Si. The van der Waals surface area contributed by atoms with Crippen molar-refractivity contribution in [3.05, 3.63) is 27.3 Å². The minimum atomic E-state index is -1.51. The van der Waals surface area contributed by atoms with Gasteiger partial charge < -0.3 is 37.9 Å². The summed E-state index contributed by atoms with van der Waals surface area (Å²) in [5.74, 6) is -0.543. The lowest BCUT2D eigenvalue weighted by atomic mass is 10.1. The minimum absolute atomic E-state index is 0.000552. The average Bonchev–Trinajstić information content (AvgIpc) is 2.80. The minimum Gasteiger partial charge on any atom is -0.496 e. The summed E-state index contributed by atoms with van der Waals surface area (Å²) >= 11 is 0. The van der Waals surface area contributed by atoms with Crippen LogP contribution in [0.5, 0.6) is 5.75 Å². The Morgan fingerprint density at radius 1 is 1.15 bits per heavy atom. The lowest BCUT2D eigenvalue weighted by Crippen LogP contribution is -2.27. The number of esters is 1. The van der Waals surface area contributed by atoms with E-state index < -0.39 is 32.1 Å². The van der Waals surface area contributed by atoms with Crippen LogP contribution in [0.3, 0.4) is 0 Å². The summed E-state index contributed by atoms with van der Waals surface area (Å²) in [7, 11) is 1.38. The topological polar surface area (TPSA) is 123 Å². The fourth-order valence-corrected chi connectivity index (χ4v) is 4.13.